The lowest BCUT2D eigenvalue weighted by molar-refractivity contribution is 0.511. The molecular weight excluding hydrogens is 272 g/mol. The third-order valence-corrected chi connectivity index (χ3v) is 3.42. The lowest BCUT2D eigenvalue weighted by Crippen LogP contribution is -2.30. The van der Waals surface area contributed by atoms with Gasteiger partial charge >= 0.3 is 0 Å². The molecule has 21 heavy (non-hydrogen) atoms. The third kappa shape index (κ3) is 2.49. The molecule has 0 amide bonds. The monoisotopic (exact) mass is 285 g/mol. The Balaban J connectivity index is 2.14. The molecule has 0 saturated heterocycles. The Bertz CT molecular complexity index is 769. The van der Waals surface area contributed by atoms with Crippen LogP contribution in [0, 0.1) is 11.6 Å². The van der Waals surface area contributed by atoms with Gasteiger partial charge in [-0.25, -0.2) is 14.2 Å². The summed E-state index contributed by atoms with van der Waals surface area (Å²) < 4.78 is 27.9. The van der Waals surface area contributed by atoms with Gasteiger partial charge in [-0.2, -0.15) is 0 Å². The van der Waals surface area contributed by atoms with Gasteiger partial charge in [0.05, 0.1) is 11.6 Å². The van der Waals surface area contributed by atoms with E-state index in [9.17, 15) is 8.78 Å². The van der Waals surface area contributed by atoms with Crippen LogP contribution in [-0.2, 0) is 0 Å². The van der Waals surface area contributed by atoms with E-state index in [1.165, 1.54) is 18.2 Å². The highest BCUT2D eigenvalue weighted by Crippen LogP contribution is 2.28. The van der Waals surface area contributed by atoms with Crippen molar-refractivity contribution in [3.05, 3.63) is 77.5 Å². The van der Waals surface area contributed by atoms with E-state index in [4.69, 9.17) is 5.84 Å². The third-order valence-electron chi connectivity index (χ3n) is 3.42. The quantitative estimate of drug-likeness (QED) is 0.574. The molecule has 2 aromatic carbocycles. The average Bonchev–Trinajstić information content (AvgIpc) is 2.50. The highest BCUT2D eigenvalue weighted by Gasteiger charge is 2.21. The minimum atomic E-state index is -0.768. The number of aromatic nitrogens is 1. The van der Waals surface area contributed by atoms with Crippen LogP contribution in [0.2, 0.25) is 0 Å². The predicted octanol–water partition coefficient (Wildman–Crippen LogP) is 3.07. The van der Waals surface area contributed by atoms with E-state index in [2.05, 4.69) is 10.4 Å². The average molecular weight is 285 g/mol. The summed E-state index contributed by atoms with van der Waals surface area (Å²) in [6.07, 6.45) is 1.69. The first-order valence-corrected chi connectivity index (χ1v) is 6.45. The minimum Gasteiger partial charge on any atom is -0.271 e. The molecule has 3 nitrogen and oxygen atoms in total. The summed E-state index contributed by atoms with van der Waals surface area (Å²) >= 11 is 0. The van der Waals surface area contributed by atoms with Crippen molar-refractivity contribution in [3.8, 4) is 0 Å². The second-order valence-electron chi connectivity index (χ2n) is 4.69. The first kappa shape index (κ1) is 13.6. The maximum Gasteiger partial charge on any atom is 0.131 e. The number of hydrogen-bond acceptors (Lipinski definition) is 3. The van der Waals surface area contributed by atoms with Crippen LogP contribution in [0.1, 0.15) is 17.2 Å². The molecule has 0 fully saturated rings. The van der Waals surface area contributed by atoms with Gasteiger partial charge in [-0.15, -0.1) is 0 Å². The van der Waals surface area contributed by atoms with Gasteiger partial charge in [-0.3, -0.25) is 10.8 Å². The van der Waals surface area contributed by atoms with Crippen molar-refractivity contribution in [3.63, 3.8) is 0 Å². The van der Waals surface area contributed by atoms with E-state index < -0.39 is 17.7 Å². The lowest BCUT2D eigenvalue weighted by atomic mass is 9.97. The van der Waals surface area contributed by atoms with Gasteiger partial charge in [0.15, 0.2) is 0 Å². The van der Waals surface area contributed by atoms with Crippen molar-refractivity contribution in [2.24, 2.45) is 5.84 Å². The molecule has 1 unspecified atom stereocenters. The normalized spacial score (nSPS) is 12.5. The largest absolute Gasteiger partial charge is 0.271 e. The molecule has 5 heteroatoms. The second-order valence-corrected chi connectivity index (χ2v) is 4.69. The van der Waals surface area contributed by atoms with Gasteiger partial charge in [0.1, 0.15) is 11.6 Å². The molecule has 0 aliphatic heterocycles. The molecule has 3 rings (SSSR count). The van der Waals surface area contributed by atoms with Crippen LogP contribution in [0.5, 0.6) is 0 Å². The molecule has 0 aliphatic rings. The number of nitrogens with one attached hydrogen (secondary N) is 1. The Morgan fingerprint density at radius 3 is 2.48 bits per heavy atom. The van der Waals surface area contributed by atoms with Crippen molar-refractivity contribution in [1.29, 1.82) is 0 Å². The first-order valence-electron chi connectivity index (χ1n) is 6.45. The van der Waals surface area contributed by atoms with Crippen LogP contribution < -0.4 is 11.3 Å². The summed E-state index contributed by atoms with van der Waals surface area (Å²) in [6.45, 7) is 0. The van der Waals surface area contributed by atoms with Gasteiger partial charge in [-0.05, 0) is 35.9 Å². The van der Waals surface area contributed by atoms with E-state index >= 15 is 0 Å². The fourth-order valence-electron chi connectivity index (χ4n) is 2.41. The number of nitrogens with zero attached hydrogens (tertiary/aromatic N) is 1. The number of nitrogens with two attached hydrogens (primary N) is 1. The van der Waals surface area contributed by atoms with Gasteiger partial charge in [0.2, 0.25) is 0 Å². The Labute approximate surface area is 120 Å². The molecule has 3 N–H and O–H groups in total. The standard InChI is InChI=1S/C16H13F2N3/c17-12-4-1-5-13(18)15(12)16(21-19)11-6-7-14-10(9-11)3-2-8-20-14/h1-9,16,21H,19H2. The maximum absolute atomic E-state index is 13.9. The second kappa shape index (κ2) is 5.55. The van der Waals surface area contributed by atoms with Crippen molar-refractivity contribution >= 4 is 10.9 Å². The lowest BCUT2D eigenvalue weighted by Gasteiger charge is -2.18. The fraction of sp³-hybridized carbons (Fsp3) is 0.0625. The zero-order valence-electron chi connectivity index (χ0n) is 11.1. The predicted molar refractivity (Wildman–Crippen MR) is 77.3 cm³/mol. The summed E-state index contributed by atoms with van der Waals surface area (Å²) in [5.74, 6) is 4.25. The highest BCUT2D eigenvalue weighted by atomic mass is 19.1. The van der Waals surface area contributed by atoms with Gasteiger partial charge in [0.25, 0.3) is 0 Å². The first-order chi connectivity index (χ1) is 10.2. The SMILES string of the molecule is NNC(c1ccc2ncccc2c1)c1c(F)cccc1F. The summed E-state index contributed by atoms with van der Waals surface area (Å²) in [4.78, 5) is 4.22. The van der Waals surface area contributed by atoms with Crippen molar-refractivity contribution < 1.29 is 8.78 Å². The molecular formula is C16H13F2N3. The van der Waals surface area contributed by atoms with Gasteiger partial charge in [0, 0.05) is 17.1 Å². The number of halogens is 2. The molecule has 1 atom stereocenters. The minimum absolute atomic E-state index is 0.0942. The number of rotatable bonds is 3. The number of hydrazine groups is 1. The van der Waals surface area contributed by atoms with Gasteiger partial charge < -0.3 is 0 Å². The van der Waals surface area contributed by atoms with Crippen LogP contribution in [0.3, 0.4) is 0 Å². The Kier molecular flexibility index (Phi) is 3.60. The molecule has 1 aromatic heterocycles. The molecule has 0 aliphatic carbocycles. The van der Waals surface area contributed by atoms with Gasteiger partial charge in [-0.1, -0.05) is 18.2 Å². The zero-order valence-corrected chi connectivity index (χ0v) is 11.1. The van der Waals surface area contributed by atoms with Crippen LogP contribution in [0.25, 0.3) is 10.9 Å². The summed E-state index contributed by atoms with van der Waals surface area (Å²) in [7, 11) is 0. The molecule has 3 aromatic rings. The highest BCUT2D eigenvalue weighted by molar-refractivity contribution is 5.79. The van der Waals surface area contributed by atoms with Crippen LogP contribution >= 0.6 is 0 Å². The smallest absolute Gasteiger partial charge is 0.131 e. The Morgan fingerprint density at radius 2 is 1.76 bits per heavy atom. The van der Waals surface area contributed by atoms with E-state index in [-0.39, 0.29) is 5.56 Å². The Morgan fingerprint density at radius 1 is 1.00 bits per heavy atom. The van der Waals surface area contributed by atoms with E-state index in [1.807, 2.05) is 12.1 Å². The molecule has 1 heterocycles. The van der Waals surface area contributed by atoms with Crippen molar-refractivity contribution in [2.75, 3.05) is 0 Å². The molecule has 106 valence electrons. The topological polar surface area (TPSA) is 50.9 Å². The van der Waals surface area contributed by atoms with Crippen LogP contribution in [0.15, 0.2) is 54.7 Å². The number of pyridine rings is 1. The molecule has 0 saturated carbocycles. The van der Waals surface area contributed by atoms with E-state index in [0.717, 1.165) is 10.9 Å². The number of fused-ring (bicyclic) bond motifs is 1. The summed E-state index contributed by atoms with van der Waals surface area (Å²) in [5.41, 5.74) is 3.87. The van der Waals surface area contributed by atoms with Crippen LogP contribution in [-0.4, -0.2) is 4.98 Å². The molecule has 0 spiro atoms. The van der Waals surface area contributed by atoms with E-state index in [0.29, 0.717) is 5.56 Å². The van der Waals surface area contributed by atoms with Crippen molar-refractivity contribution in [2.45, 2.75) is 6.04 Å². The summed E-state index contributed by atoms with van der Waals surface area (Å²) in [5, 5.41) is 0.881. The van der Waals surface area contributed by atoms with Crippen LogP contribution in [0.4, 0.5) is 8.78 Å². The summed E-state index contributed by atoms with van der Waals surface area (Å²) in [6, 6.07) is 12.1. The number of benzene rings is 2. The zero-order chi connectivity index (χ0) is 14.8. The maximum atomic E-state index is 13.9. The Hall–Kier alpha value is -2.37. The fourth-order valence-corrected chi connectivity index (χ4v) is 2.41. The van der Waals surface area contributed by atoms with Crippen molar-refractivity contribution in [1.82, 2.24) is 10.4 Å². The van der Waals surface area contributed by atoms with E-state index in [1.54, 1.807) is 24.4 Å². The number of hydrogen-bond donors (Lipinski definition) is 2. The molecule has 0 bridgehead atoms. The molecule has 0 radical (unpaired) electrons.